The van der Waals surface area contributed by atoms with Gasteiger partial charge in [-0.1, -0.05) is 0 Å². The van der Waals surface area contributed by atoms with Gasteiger partial charge in [0.15, 0.2) is 11.7 Å². The Morgan fingerprint density at radius 1 is 1.11 bits per heavy atom. The molecule has 27 heavy (non-hydrogen) atoms. The van der Waals surface area contributed by atoms with Gasteiger partial charge in [-0.2, -0.15) is 0 Å². The first-order chi connectivity index (χ1) is 12.8. The number of ether oxygens (including phenoxy) is 1. The molecule has 0 aliphatic heterocycles. The Bertz CT molecular complexity index is 593. The summed E-state index contributed by atoms with van der Waals surface area (Å²) in [5.74, 6) is 0.687. The molecule has 1 heterocycles. The molecule has 1 aromatic rings. The third-order valence-electron chi connectivity index (χ3n) is 3.07. The Balaban J connectivity index is 2.21. The predicted molar refractivity (Wildman–Crippen MR) is 104 cm³/mol. The van der Waals surface area contributed by atoms with E-state index < -0.39 is 11.7 Å². The number of nitrogens with one attached hydrogen (secondary N) is 4. The van der Waals surface area contributed by atoms with Gasteiger partial charge in [-0.3, -0.25) is 9.79 Å². The van der Waals surface area contributed by atoms with Gasteiger partial charge in [-0.15, -0.1) is 0 Å². The summed E-state index contributed by atoms with van der Waals surface area (Å²) < 4.78 is 10.2. The van der Waals surface area contributed by atoms with Crippen LogP contribution in [0.5, 0.6) is 0 Å². The molecule has 152 valence electrons. The summed E-state index contributed by atoms with van der Waals surface area (Å²) in [4.78, 5) is 27.7. The number of hydrogen-bond acceptors (Lipinski definition) is 5. The molecular formula is C18H31N5O4. The van der Waals surface area contributed by atoms with Crippen molar-refractivity contribution in [3.05, 3.63) is 24.2 Å². The van der Waals surface area contributed by atoms with Crippen LogP contribution < -0.4 is 21.3 Å². The highest BCUT2D eigenvalue weighted by Gasteiger charge is 2.15. The molecule has 0 radical (unpaired) electrons. The average Bonchev–Trinajstić information content (AvgIpc) is 3.11. The maximum Gasteiger partial charge on any atom is 0.407 e. The predicted octanol–water partition coefficient (Wildman–Crippen LogP) is 1.48. The van der Waals surface area contributed by atoms with Crippen molar-refractivity contribution in [2.75, 3.05) is 32.7 Å². The van der Waals surface area contributed by atoms with Crippen LogP contribution in [-0.4, -0.2) is 56.3 Å². The van der Waals surface area contributed by atoms with Crippen molar-refractivity contribution in [2.24, 2.45) is 4.99 Å². The molecule has 0 bridgehead atoms. The van der Waals surface area contributed by atoms with E-state index >= 15 is 0 Å². The SMILES string of the molecule is CCNC(=NCCCNC(=O)OC(C)(C)C)NCCNC(=O)c1ccco1. The third kappa shape index (κ3) is 10.8. The van der Waals surface area contributed by atoms with Crippen molar-refractivity contribution < 1.29 is 18.7 Å². The van der Waals surface area contributed by atoms with Gasteiger partial charge in [-0.05, 0) is 46.2 Å². The fourth-order valence-corrected chi connectivity index (χ4v) is 1.97. The second-order valence-electron chi connectivity index (χ2n) is 6.70. The van der Waals surface area contributed by atoms with Gasteiger partial charge >= 0.3 is 6.09 Å². The first kappa shape index (κ1) is 22.3. The van der Waals surface area contributed by atoms with Crippen molar-refractivity contribution in [1.82, 2.24) is 21.3 Å². The van der Waals surface area contributed by atoms with E-state index in [4.69, 9.17) is 9.15 Å². The molecule has 0 saturated heterocycles. The fourth-order valence-electron chi connectivity index (χ4n) is 1.97. The van der Waals surface area contributed by atoms with Gasteiger partial charge in [0.2, 0.25) is 0 Å². The van der Waals surface area contributed by atoms with E-state index in [1.807, 2.05) is 27.7 Å². The van der Waals surface area contributed by atoms with E-state index in [0.29, 0.717) is 38.6 Å². The summed E-state index contributed by atoms with van der Waals surface area (Å²) in [6.45, 7) is 10.1. The van der Waals surface area contributed by atoms with Gasteiger partial charge in [0, 0.05) is 32.7 Å². The highest BCUT2D eigenvalue weighted by molar-refractivity contribution is 5.91. The Morgan fingerprint density at radius 2 is 1.85 bits per heavy atom. The van der Waals surface area contributed by atoms with Gasteiger partial charge in [0.05, 0.1) is 6.26 Å². The number of carbonyl (C=O) groups is 2. The van der Waals surface area contributed by atoms with E-state index in [2.05, 4.69) is 26.3 Å². The average molecular weight is 381 g/mol. The van der Waals surface area contributed by atoms with Crippen LogP contribution in [0.15, 0.2) is 27.8 Å². The smallest absolute Gasteiger partial charge is 0.407 e. The Labute approximate surface area is 160 Å². The molecule has 2 amide bonds. The molecule has 0 fully saturated rings. The molecular weight excluding hydrogens is 350 g/mol. The molecule has 0 aliphatic carbocycles. The van der Waals surface area contributed by atoms with Crippen LogP contribution in [0, 0.1) is 0 Å². The number of aliphatic imine (C=N–C) groups is 1. The number of furan rings is 1. The van der Waals surface area contributed by atoms with Crippen LogP contribution in [0.1, 0.15) is 44.7 Å². The second kappa shape index (κ2) is 11.8. The van der Waals surface area contributed by atoms with Crippen LogP contribution in [0.3, 0.4) is 0 Å². The Morgan fingerprint density at radius 3 is 2.48 bits per heavy atom. The van der Waals surface area contributed by atoms with Crippen molar-refractivity contribution in [3.8, 4) is 0 Å². The summed E-state index contributed by atoms with van der Waals surface area (Å²) in [6.07, 6.45) is 1.72. The summed E-state index contributed by atoms with van der Waals surface area (Å²) in [5.41, 5.74) is -0.503. The fraction of sp³-hybridized carbons (Fsp3) is 0.611. The number of amides is 2. The highest BCUT2D eigenvalue weighted by Crippen LogP contribution is 2.06. The largest absolute Gasteiger partial charge is 0.459 e. The maximum absolute atomic E-state index is 11.7. The molecule has 9 nitrogen and oxygen atoms in total. The van der Waals surface area contributed by atoms with Crippen molar-refractivity contribution in [1.29, 1.82) is 0 Å². The quantitative estimate of drug-likeness (QED) is 0.292. The van der Waals surface area contributed by atoms with E-state index in [0.717, 1.165) is 6.54 Å². The number of carbonyl (C=O) groups excluding carboxylic acids is 2. The Kier molecular flexibility index (Phi) is 9.78. The van der Waals surface area contributed by atoms with Gasteiger partial charge < -0.3 is 30.4 Å². The molecule has 0 saturated carbocycles. The standard InChI is InChI=1S/C18H31N5O4/c1-5-19-16(21-9-7-10-23-17(25)27-18(2,3)4)22-12-11-20-15(24)14-8-6-13-26-14/h6,8,13H,5,7,9-12H2,1-4H3,(H,20,24)(H,23,25)(H2,19,21,22). The minimum absolute atomic E-state index is 0.253. The monoisotopic (exact) mass is 381 g/mol. The highest BCUT2D eigenvalue weighted by atomic mass is 16.6. The molecule has 1 rings (SSSR count). The van der Waals surface area contributed by atoms with Gasteiger partial charge in [0.1, 0.15) is 5.60 Å². The van der Waals surface area contributed by atoms with Crippen molar-refractivity contribution in [3.63, 3.8) is 0 Å². The summed E-state index contributed by atoms with van der Waals surface area (Å²) >= 11 is 0. The molecule has 0 aromatic carbocycles. The summed E-state index contributed by atoms with van der Waals surface area (Å²) in [5, 5.41) is 11.7. The number of nitrogens with zero attached hydrogens (tertiary/aromatic N) is 1. The van der Waals surface area contributed by atoms with Crippen LogP contribution in [-0.2, 0) is 4.74 Å². The minimum Gasteiger partial charge on any atom is -0.459 e. The van der Waals surface area contributed by atoms with E-state index in [1.165, 1.54) is 6.26 Å². The van der Waals surface area contributed by atoms with Crippen LogP contribution in [0.4, 0.5) is 4.79 Å². The summed E-state index contributed by atoms with van der Waals surface area (Å²) in [6, 6.07) is 3.28. The molecule has 4 N–H and O–H groups in total. The van der Waals surface area contributed by atoms with Crippen molar-refractivity contribution >= 4 is 18.0 Å². The number of rotatable bonds is 9. The zero-order valence-electron chi connectivity index (χ0n) is 16.6. The van der Waals surface area contributed by atoms with Crippen molar-refractivity contribution in [2.45, 2.75) is 39.7 Å². The molecule has 0 atom stereocenters. The van der Waals surface area contributed by atoms with Crippen LogP contribution >= 0.6 is 0 Å². The first-order valence-corrected chi connectivity index (χ1v) is 9.12. The second-order valence-corrected chi connectivity index (χ2v) is 6.70. The number of alkyl carbamates (subject to hydrolysis) is 1. The molecule has 9 heteroatoms. The van der Waals surface area contributed by atoms with Gasteiger partial charge in [-0.25, -0.2) is 4.79 Å². The van der Waals surface area contributed by atoms with E-state index in [1.54, 1.807) is 12.1 Å². The third-order valence-corrected chi connectivity index (χ3v) is 3.07. The maximum atomic E-state index is 11.7. The number of hydrogen-bond donors (Lipinski definition) is 4. The molecule has 0 spiro atoms. The molecule has 0 aliphatic rings. The van der Waals surface area contributed by atoms with E-state index in [9.17, 15) is 9.59 Å². The zero-order valence-corrected chi connectivity index (χ0v) is 16.6. The minimum atomic E-state index is -0.503. The normalized spacial score (nSPS) is 11.6. The zero-order chi connectivity index (χ0) is 20.1. The topological polar surface area (TPSA) is 117 Å². The lowest BCUT2D eigenvalue weighted by molar-refractivity contribution is 0.0527. The molecule has 1 aromatic heterocycles. The van der Waals surface area contributed by atoms with Crippen LogP contribution in [0.25, 0.3) is 0 Å². The first-order valence-electron chi connectivity index (χ1n) is 9.12. The Hall–Kier alpha value is -2.71. The lowest BCUT2D eigenvalue weighted by atomic mass is 10.2. The number of guanidine groups is 1. The van der Waals surface area contributed by atoms with Gasteiger partial charge in [0.25, 0.3) is 5.91 Å². The lowest BCUT2D eigenvalue weighted by Crippen LogP contribution is -2.41. The van der Waals surface area contributed by atoms with E-state index in [-0.39, 0.29) is 11.7 Å². The van der Waals surface area contributed by atoms with Crippen LogP contribution in [0.2, 0.25) is 0 Å². The summed E-state index contributed by atoms with van der Waals surface area (Å²) in [7, 11) is 0. The lowest BCUT2D eigenvalue weighted by Gasteiger charge is -2.19. The molecule has 0 unspecified atom stereocenters.